The number of likely N-dealkylation sites (tertiary alicyclic amines) is 1. The number of rotatable bonds is 3. The quantitative estimate of drug-likeness (QED) is 0.649. The van der Waals surface area contributed by atoms with Crippen LogP contribution in [0.4, 0.5) is 0 Å². The molecule has 0 saturated carbocycles. The molecule has 0 amide bonds. The SMILES string of the molecule is CC(C)CN1CCCC[C@H]1C(C)C. The Morgan fingerprint density at radius 2 is 1.85 bits per heavy atom. The minimum Gasteiger partial charge on any atom is -0.300 e. The van der Waals surface area contributed by atoms with Gasteiger partial charge in [-0.15, -0.1) is 0 Å². The summed E-state index contributed by atoms with van der Waals surface area (Å²) in [5.41, 5.74) is 0. The van der Waals surface area contributed by atoms with Crippen molar-refractivity contribution < 1.29 is 0 Å². The van der Waals surface area contributed by atoms with Crippen molar-refractivity contribution in [1.29, 1.82) is 0 Å². The molecule has 0 radical (unpaired) electrons. The molecule has 1 rings (SSSR count). The maximum absolute atomic E-state index is 2.71. The van der Waals surface area contributed by atoms with Crippen molar-refractivity contribution in [3.63, 3.8) is 0 Å². The lowest BCUT2D eigenvalue weighted by Gasteiger charge is -2.39. The standard InChI is InChI=1S/C12H25N/c1-10(2)9-13-8-6-5-7-12(13)11(3)4/h10-12H,5-9H2,1-4H3/t12-/m0/s1. The second-order valence-electron chi connectivity index (χ2n) is 5.20. The van der Waals surface area contributed by atoms with Crippen LogP contribution >= 0.6 is 0 Å². The third-order valence-electron chi connectivity index (χ3n) is 3.03. The average Bonchev–Trinajstić information content (AvgIpc) is 2.03. The molecule has 0 spiro atoms. The zero-order valence-electron chi connectivity index (χ0n) is 9.71. The summed E-state index contributed by atoms with van der Waals surface area (Å²) in [6, 6.07) is 0.858. The first-order valence-corrected chi connectivity index (χ1v) is 5.85. The van der Waals surface area contributed by atoms with E-state index in [1.807, 2.05) is 0 Å². The smallest absolute Gasteiger partial charge is 0.0118 e. The van der Waals surface area contributed by atoms with E-state index in [1.165, 1.54) is 32.4 Å². The van der Waals surface area contributed by atoms with Gasteiger partial charge in [0.1, 0.15) is 0 Å². The molecule has 0 aliphatic carbocycles. The van der Waals surface area contributed by atoms with Crippen molar-refractivity contribution in [2.75, 3.05) is 13.1 Å². The molecule has 1 fully saturated rings. The first-order valence-electron chi connectivity index (χ1n) is 5.85. The van der Waals surface area contributed by atoms with Crippen molar-refractivity contribution in [2.24, 2.45) is 11.8 Å². The largest absolute Gasteiger partial charge is 0.300 e. The fraction of sp³-hybridized carbons (Fsp3) is 1.00. The Hall–Kier alpha value is -0.0400. The Kier molecular flexibility index (Phi) is 4.24. The summed E-state index contributed by atoms with van der Waals surface area (Å²) >= 11 is 0. The first kappa shape index (κ1) is 11.0. The fourth-order valence-electron chi connectivity index (χ4n) is 2.47. The number of hydrogen-bond donors (Lipinski definition) is 0. The minimum absolute atomic E-state index is 0.819. The molecule has 0 aromatic rings. The van der Waals surface area contributed by atoms with E-state index >= 15 is 0 Å². The second-order valence-corrected chi connectivity index (χ2v) is 5.20. The van der Waals surface area contributed by atoms with Gasteiger partial charge in [0, 0.05) is 12.6 Å². The van der Waals surface area contributed by atoms with Gasteiger partial charge in [0.2, 0.25) is 0 Å². The van der Waals surface area contributed by atoms with Crippen molar-refractivity contribution in [3.05, 3.63) is 0 Å². The lowest BCUT2D eigenvalue weighted by atomic mass is 9.92. The Labute approximate surface area is 83.5 Å². The third-order valence-corrected chi connectivity index (χ3v) is 3.03. The van der Waals surface area contributed by atoms with Gasteiger partial charge in [-0.1, -0.05) is 34.1 Å². The molecule has 13 heavy (non-hydrogen) atoms. The van der Waals surface area contributed by atoms with Gasteiger partial charge < -0.3 is 0 Å². The molecule has 1 atom stereocenters. The van der Waals surface area contributed by atoms with Gasteiger partial charge in [-0.3, -0.25) is 4.90 Å². The molecule has 78 valence electrons. The van der Waals surface area contributed by atoms with Crippen LogP contribution in [0.3, 0.4) is 0 Å². The van der Waals surface area contributed by atoms with Crippen molar-refractivity contribution in [1.82, 2.24) is 4.90 Å². The van der Waals surface area contributed by atoms with Gasteiger partial charge >= 0.3 is 0 Å². The van der Waals surface area contributed by atoms with Crippen molar-refractivity contribution >= 4 is 0 Å². The van der Waals surface area contributed by atoms with E-state index in [0.717, 1.165) is 17.9 Å². The van der Waals surface area contributed by atoms with Crippen LogP contribution in [0, 0.1) is 11.8 Å². The Bertz CT molecular complexity index is 140. The van der Waals surface area contributed by atoms with Gasteiger partial charge in [0.15, 0.2) is 0 Å². The summed E-state index contributed by atoms with van der Waals surface area (Å²) in [4.78, 5) is 2.71. The first-order chi connectivity index (χ1) is 6.11. The van der Waals surface area contributed by atoms with Crippen LogP contribution < -0.4 is 0 Å². The average molecular weight is 183 g/mol. The maximum Gasteiger partial charge on any atom is 0.0118 e. The molecule has 1 heteroatoms. The predicted molar refractivity (Wildman–Crippen MR) is 58.9 cm³/mol. The highest BCUT2D eigenvalue weighted by molar-refractivity contribution is 4.79. The minimum atomic E-state index is 0.819. The van der Waals surface area contributed by atoms with Crippen molar-refractivity contribution in [2.45, 2.75) is 53.0 Å². The summed E-state index contributed by atoms with van der Waals surface area (Å²) in [7, 11) is 0. The molecule has 1 heterocycles. The van der Waals surface area contributed by atoms with E-state index in [0.29, 0.717) is 0 Å². The molecule has 1 aliphatic heterocycles. The number of piperidine rings is 1. The van der Waals surface area contributed by atoms with Gasteiger partial charge in [0.05, 0.1) is 0 Å². The van der Waals surface area contributed by atoms with E-state index in [4.69, 9.17) is 0 Å². The highest BCUT2D eigenvalue weighted by Crippen LogP contribution is 2.23. The fourth-order valence-corrected chi connectivity index (χ4v) is 2.47. The van der Waals surface area contributed by atoms with Crippen LogP contribution in [0.2, 0.25) is 0 Å². The molecule has 0 unspecified atom stereocenters. The van der Waals surface area contributed by atoms with Crippen LogP contribution in [-0.4, -0.2) is 24.0 Å². The summed E-state index contributed by atoms with van der Waals surface area (Å²) < 4.78 is 0. The predicted octanol–water partition coefficient (Wildman–Crippen LogP) is 3.15. The van der Waals surface area contributed by atoms with Gasteiger partial charge in [-0.25, -0.2) is 0 Å². The number of hydrogen-bond acceptors (Lipinski definition) is 1. The lowest BCUT2D eigenvalue weighted by Crippen LogP contribution is -2.44. The third kappa shape index (κ3) is 3.30. The molecule has 0 aromatic carbocycles. The summed E-state index contributed by atoms with van der Waals surface area (Å²) in [6.45, 7) is 12.0. The normalized spacial score (nSPS) is 25.8. The maximum atomic E-state index is 2.71. The van der Waals surface area contributed by atoms with E-state index in [2.05, 4.69) is 32.6 Å². The molecule has 0 bridgehead atoms. The molecule has 1 aliphatic rings. The number of nitrogens with zero attached hydrogens (tertiary/aromatic N) is 1. The Morgan fingerprint density at radius 1 is 1.15 bits per heavy atom. The lowest BCUT2D eigenvalue weighted by molar-refractivity contribution is 0.0989. The van der Waals surface area contributed by atoms with E-state index < -0.39 is 0 Å². The summed E-state index contributed by atoms with van der Waals surface area (Å²) in [6.07, 6.45) is 4.28. The topological polar surface area (TPSA) is 3.24 Å². The van der Waals surface area contributed by atoms with E-state index in [9.17, 15) is 0 Å². The Balaban J connectivity index is 2.46. The monoisotopic (exact) mass is 183 g/mol. The van der Waals surface area contributed by atoms with Crippen LogP contribution in [0.15, 0.2) is 0 Å². The molecule has 0 aromatic heterocycles. The van der Waals surface area contributed by atoms with Crippen LogP contribution in [0.5, 0.6) is 0 Å². The van der Waals surface area contributed by atoms with E-state index in [1.54, 1.807) is 0 Å². The molecular weight excluding hydrogens is 158 g/mol. The summed E-state index contributed by atoms with van der Waals surface area (Å²) in [5.74, 6) is 1.65. The molecule has 1 nitrogen and oxygen atoms in total. The van der Waals surface area contributed by atoms with Crippen LogP contribution in [0.1, 0.15) is 47.0 Å². The zero-order chi connectivity index (χ0) is 9.84. The second kappa shape index (κ2) is 4.99. The zero-order valence-corrected chi connectivity index (χ0v) is 9.71. The van der Waals surface area contributed by atoms with Gasteiger partial charge in [0.25, 0.3) is 0 Å². The van der Waals surface area contributed by atoms with Crippen LogP contribution in [-0.2, 0) is 0 Å². The van der Waals surface area contributed by atoms with Crippen LogP contribution in [0.25, 0.3) is 0 Å². The van der Waals surface area contributed by atoms with Gasteiger partial charge in [-0.05, 0) is 31.2 Å². The molecule has 1 saturated heterocycles. The Morgan fingerprint density at radius 3 is 2.38 bits per heavy atom. The molecular formula is C12H25N. The summed E-state index contributed by atoms with van der Waals surface area (Å²) in [5, 5.41) is 0. The van der Waals surface area contributed by atoms with Crippen molar-refractivity contribution in [3.8, 4) is 0 Å². The highest BCUT2D eigenvalue weighted by atomic mass is 15.2. The van der Waals surface area contributed by atoms with Gasteiger partial charge in [-0.2, -0.15) is 0 Å². The highest BCUT2D eigenvalue weighted by Gasteiger charge is 2.24. The molecule has 0 N–H and O–H groups in total. The van der Waals surface area contributed by atoms with E-state index in [-0.39, 0.29) is 0 Å².